The molecule has 2 saturated heterocycles. The molecule has 0 amide bonds. The molecule has 0 spiro atoms. The molecule has 0 aliphatic carbocycles. The largest absolute Gasteiger partial charge is 0.378 e. The van der Waals surface area contributed by atoms with Gasteiger partial charge in [0.1, 0.15) is 0 Å². The maximum atomic E-state index is 6.24. The third-order valence-electron chi connectivity index (χ3n) is 5.60. The van der Waals surface area contributed by atoms with E-state index < -0.39 is 0 Å². The summed E-state index contributed by atoms with van der Waals surface area (Å²) in [5, 5.41) is 7.62. The SMILES string of the molecule is CCCC(Nc1nc(Cl)nc(N2CCOCC2)n1)C1CC(C)(C)NC(C)(C)C1. The van der Waals surface area contributed by atoms with Crippen molar-refractivity contribution in [2.45, 2.75) is 77.4 Å². The number of anilines is 2. The summed E-state index contributed by atoms with van der Waals surface area (Å²) in [4.78, 5) is 15.5. The molecular formula is C20H35ClN6O. The number of hydrogen-bond donors (Lipinski definition) is 2. The van der Waals surface area contributed by atoms with Gasteiger partial charge in [0.15, 0.2) is 0 Å². The van der Waals surface area contributed by atoms with Crippen LogP contribution in [-0.4, -0.2) is 58.4 Å². The first kappa shape index (κ1) is 21.5. The lowest BCUT2D eigenvalue weighted by atomic mass is 9.72. The van der Waals surface area contributed by atoms with Gasteiger partial charge in [0.05, 0.1) is 13.2 Å². The number of rotatable bonds is 6. The van der Waals surface area contributed by atoms with E-state index in [4.69, 9.17) is 16.3 Å². The van der Waals surface area contributed by atoms with Crippen molar-refractivity contribution in [3.05, 3.63) is 5.28 Å². The zero-order chi connectivity index (χ0) is 20.4. The van der Waals surface area contributed by atoms with E-state index in [-0.39, 0.29) is 16.4 Å². The summed E-state index contributed by atoms with van der Waals surface area (Å²) in [5.41, 5.74) is 0.214. The van der Waals surface area contributed by atoms with E-state index in [1.165, 1.54) is 0 Å². The number of piperidine rings is 1. The Morgan fingerprint density at radius 2 is 1.79 bits per heavy atom. The van der Waals surface area contributed by atoms with Crippen LogP contribution < -0.4 is 15.5 Å². The minimum atomic E-state index is 0.107. The van der Waals surface area contributed by atoms with Crippen LogP contribution in [0.25, 0.3) is 0 Å². The van der Waals surface area contributed by atoms with Gasteiger partial charge in [0.25, 0.3) is 0 Å². The van der Waals surface area contributed by atoms with E-state index >= 15 is 0 Å². The lowest BCUT2D eigenvalue weighted by Gasteiger charge is -2.48. The maximum Gasteiger partial charge on any atom is 0.231 e. The molecular weight excluding hydrogens is 376 g/mol. The smallest absolute Gasteiger partial charge is 0.231 e. The van der Waals surface area contributed by atoms with Gasteiger partial charge < -0.3 is 20.3 Å². The fraction of sp³-hybridized carbons (Fsp3) is 0.850. The minimum Gasteiger partial charge on any atom is -0.378 e. The lowest BCUT2D eigenvalue weighted by Crippen LogP contribution is -2.59. The van der Waals surface area contributed by atoms with Gasteiger partial charge in [-0.15, -0.1) is 0 Å². The van der Waals surface area contributed by atoms with E-state index in [9.17, 15) is 0 Å². The number of nitrogens with zero attached hydrogens (tertiary/aromatic N) is 4. The second-order valence-corrected chi connectivity index (χ2v) is 9.77. The van der Waals surface area contributed by atoms with Crippen molar-refractivity contribution >= 4 is 23.5 Å². The van der Waals surface area contributed by atoms with Crippen molar-refractivity contribution in [1.29, 1.82) is 0 Å². The van der Waals surface area contributed by atoms with Crippen LogP contribution in [0.4, 0.5) is 11.9 Å². The average molecular weight is 411 g/mol. The molecule has 2 N–H and O–H groups in total. The number of hydrogen-bond acceptors (Lipinski definition) is 7. The lowest BCUT2D eigenvalue weighted by molar-refractivity contribution is 0.115. The Morgan fingerprint density at radius 1 is 1.14 bits per heavy atom. The number of ether oxygens (including phenoxy) is 1. The van der Waals surface area contributed by atoms with Gasteiger partial charge in [0.2, 0.25) is 17.2 Å². The highest BCUT2D eigenvalue weighted by atomic mass is 35.5. The quantitative estimate of drug-likeness (QED) is 0.743. The molecule has 3 rings (SSSR count). The number of morpholine rings is 1. The van der Waals surface area contributed by atoms with Crippen LogP contribution in [0, 0.1) is 5.92 Å². The van der Waals surface area contributed by atoms with E-state index in [2.05, 4.69) is 65.1 Å². The van der Waals surface area contributed by atoms with E-state index in [0.29, 0.717) is 37.1 Å². The Kier molecular flexibility index (Phi) is 6.67. The third kappa shape index (κ3) is 5.67. The summed E-state index contributed by atoms with van der Waals surface area (Å²) in [6.45, 7) is 14.3. The van der Waals surface area contributed by atoms with Crippen LogP contribution in [0.1, 0.15) is 60.3 Å². The van der Waals surface area contributed by atoms with Crippen LogP contribution >= 0.6 is 11.6 Å². The molecule has 2 fully saturated rings. The predicted molar refractivity (Wildman–Crippen MR) is 114 cm³/mol. The number of aromatic nitrogens is 3. The first-order chi connectivity index (χ1) is 13.2. The van der Waals surface area contributed by atoms with Crippen LogP contribution in [0.2, 0.25) is 5.28 Å². The molecule has 1 aromatic heterocycles. The summed E-state index contributed by atoms with van der Waals surface area (Å²) >= 11 is 6.24. The fourth-order valence-electron chi connectivity index (χ4n) is 4.90. The zero-order valence-electron chi connectivity index (χ0n) is 17.9. The standard InChI is InChI=1S/C20H35ClN6O/c1-6-7-15(14-12-19(2,3)26-20(4,5)13-14)22-17-23-16(21)24-18(25-17)27-8-10-28-11-9-27/h14-15,26H,6-13H2,1-5H3,(H,22,23,24,25). The Hall–Kier alpha value is -1.18. The van der Waals surface area contributed by atoms with Crippen LogP contribution in [-0.2, 0) is 4.74 Å². The van der Waals surface area contributed by atoms with Crippen molar-refractivity contribution in [2.75, 3.05) is 36.5 Å². The van der Waals surface area contributed by atoms with Crippen molar-refractivity contribution in [1.82, 2.24) is 20.3 Å². The molecule has 0 aromatic carbocycles. The second kappa shape index (κ2) is 8.67. The molecule has 3 heterocycles. The van der Waals surface area contributed by atoms with Gasteiger partial charge >= 0.3 is 0 Å². The Bertz CT molecular complexity index is 646. The van der Waals surface area contributed by atoms with Crippen molar-refractivity contribution in [3.63, 3.8) is 0 Å². The molecule has 7 nitrogen and oxygen atoms in total. The van der Waals surface area contributed by atoms with E-state index in [0.717, 1.165) is 38.8 Å². The molecule has 1 unspecified atom stereocenters. The van der Waals surface area contributed by atoms with Gasteiger partial charge in [-0.2, -0.15) is 15.0 Å². The molecule has 0 bridgehead atoms. The normalized spacial score (nSPS) is 23.4. The summed E-state index contributed by atoms with van der Waals surface area (Å²) in [6.07, 6.45) is 4.41. The molecule has 2 aliphatic rings. The molecule has 0 radical (unpaired) electrons. The highest BCUT2D eigenvalue weighted by molar-refractivity contribution is 6.28. The molecule has 158 valence electrons. The van der Waals surface area contributed by atoms with Gasteiger partial charge in [-0.1, -0.05) is 13.3 Å². The van der Waals surface area contributed by atoms with Crippen molar-refractivity contribution < 1.29 is 4.74 Å². The monoisotopic (exact) mass is 410 g/mol. The first-order valence-electron chi connectivity index (χ1n) is 10.5. The molecule has 8 heteroatoms. The Morgan fingerprint density at radius 3 is 2.39 bits per heavy atom. The van der Waals surface area contributed by atoms with Gasteiger partial charge in [0, 0.05) is 30.2 Å². The third-order valence-corrected chi connectivity index (χ3v) is 5.76. The van der Waals surface area contributed by atoms with E-state index in [1.54, 1.807) is 0 Å². The Labute approximate surface area is 174 Å². The summed E-state index contributed by atoms with van der Waals surface area (Å²) in [5.74, 6) is 1.75. The van der Waals surface area contributed by atoms with Gasteiger partial charge in [-0.3, -0.25) is 0 Å². The maximum absolute atomic E-state index is 6.24. The van der Waals surface area contributed by atoms with E-state index in [1.807, 2.05) is 0 Å². The molecule has 1 aromatic rings. The van der Waals surface area contributed by atoms with Crippen LogP contribution in [0.15, 0.2) is 0 Å². The fourth-order valence-corrected chi connectivity index (χ4v) is 5.05. The number of halogens is 1. The topological polar surface area (TPSA) is 75.2 Å². The predicted octanol–water partition coefficient (Wildman–Crippen LogP) is 3.50. The van der Waals surface area contributed by atoms with Crippen LogP contribution in [0.3, 0.4) is 0 Å². The van der Waals surface area contributed by atoms with Crippen LogP contribution in [0.5, 0.6) is 0 Å². The van der Waals surface area contributed by atoms with Crippen molar-refractivity contribution in [2.24, 2.45) is 5.92 Å². The molecule has 28 heavy (non-hydrogen) atoms. The molecule has 2 aliphatic heterocycles. The number of nitrogens with one attached hydrogen (secondary N) is 2. The molecule has 0 saturated carbocycles. The van der Waals surface area contributed by atoms with Gasteiger partial charge in [-0.25, -0.2) is 0 Å². The molecule has 1 atom stereocenters. The highest BCUT2D eigenvalue weighted by Crippen LogP contribution is 2.36. The first-order valence-corrected chi connectivity index (χ1v) is 10.9. The second-order valence-electron chi connectivity index (χ2n) is 9.43. The average Bonchev–Trinajstić information content (AvgIpc) is 2.59. The van der Waals surface area contributed by atoms with Gasteiger partial charge in [-0.05, 0) is 64.5 Å². The summed E-state index contributed by atoms with van der Waals surface area (Å²) in [6, 6.07) is 0.307. The van der Waals surface area contributed by atoms with Crippen molar-refractivity contribution in [3.8, 4) is 0 Å². The minimum absolute atomic E-state index is 0.107. The highest BCUT2D eigenvalue weighted by Gasteiger charge is 2.40. The Balaban J connectivity index is 1.79. The summed E-state index contributed by atoms with van der Waals surface area (Å²) in [7, 11) is 0. The summed E-state index contributed by atoms with van der Waals surface area (Å²) < 4.78 is 5.43. The zero-order valence-corrected chi connectivity index (χ0v) is 18.6.